The van der Waals surface area contributed by atoms with Crippen molar-refractivity contribution in [2.75, 3.05) is 0 Å². The molecule has 1 unspecified atom stereocenters. The third-order valence-corrected chi connectivity index (χ3v) is 4.87. The van der Waals surface area contributed by atoms with E-state index < -0.39 is 0 Å². The number of alkyl halides is 1. The highest BCUT2D eigenvalue weighted by molar-refractivity contribution is 9.09. The average Bonchev–Trinajstić information content (AvgIpc) is 2.47. The molecule has 0 nitrogen and oxygen atoms in total. The fraction of sp³-hybridized carbons (Fsp3) is 0.400. The summed E-state index contributed by atoms with van der Waals surface area (Å²) in [5.74, 6) is 0. The molecule has 0 radical (unpaired) electrons. The average molecular weight is 345 g/mol. The van der Waals surface area contributed by atoms with E-state index in [0.29, 0.717) is 0 Å². The summed E-state index contributed by atoms with van der Waals surface area (Å²) in [6, 6.07) is 17.8. The van der Waals surface area contributed by atoms with Crippen molar-refractivity contribution in [1.29, 1.82) is 0 Å². The number of benzene rings is 2. The molecule has 1 atom stereocenters. The number of rotatable bonds is 4. The Morgan fingerprint density at radius 2 is 1.57 bits per heavy atom. The predicted molar refractivity (Wildman–Crippen MR) is 96.3 cm³/mol. The Hall–Kier alpha value is -1.08. The highest BCUT2D eigenvalue weighted by Crippen LogP contribution is 2.37. The van der Waals surface area contributed by atoms with Gasteiger partial charge in [-0.3, -0.25) is 0 Å². The van der Waals surface area contributed by atoms with E-state index in [1.165, 1.54) is 28.7 Å². The van der Waals surface area contributed by atoms with Crippen LogP contribution >= 0.6 is 15.9 Å². The standard InChI is InChI=1S/C20H25Br/c1-5-8-15-11-13-16(14-12-15)19(21)17-9-6-7-10-18(17)20(2,3)4/h6-7,9-14,19H,5,8H2,1-4H3. The molecule has 2 aromatic rings. The highest BCUT2D eigenvalue weighted by Gasteiger charge is 2.21. The predicted octanol–water partition coefficient (Wildman–Crippen LogP) is 6.42. The Bertz CT molecular complexity index is 576. The third kappa shape index (κ3) is 3.97. The van der Waals surface area contributed by atoms with Crippen molar-refractivity contribution in [2.24, 2.45) is 0 Å². The van der Waals surface area contributed by atoms with Gasteiger partial charge in [0.25, 0.3) is 0 Å². The number of hydrogen-bond acceptors (Lipinski definition) is 0. The molecule has 21 heavy (non-hydrogen) atoms. The lowest BCUT2D eigenvalue weighted by Gasteiger charge is -2.25. The Balaban J connectivity index is 2.34. The highest BCUT2D eigenvalue weighted by atomic mass is 79.9. The molecule has 0 bridgehead atoms. The Morgan fingerprint density at radius 3 is 2.14 bits per heavy atom. The van der Waals surface area contributed by atoms with Crippen LogP contribution in [0, 0.1) is 0 Å². The van der Waals surface area contributed by atoms with Crippen molar-refractivity contribution >= 4 is 15.9 Å². The van der Waals surface area contributed by atoms with E-state index in [4.69, 9.17) is 0 Å². The minimum Gasteiger partial charge on any atom is -0.0786 e. The lowest BCUT2D eigenvalue weighted by atomic mass is 9.82. The Labute approximate surface area is 137 Å². The summed E-state index contributed by atoms with van der Waals surface area (Å²) in [5, 5.41) is 0. The van der Waals surface area contributed by atoms with Gasteiger partial charge in [0.15, 0.2) is 0 Å². The van der Waals surface area contributed by atoms with Gasteiger partial charge in [0, 0.05) is 0 Å². The third-order valence-electron chi connectivity index (χ3n) is 3.85. The van der Waals surface area contributed by atoms with Gasteiger partial charge in [0.2, 0.25) is 0 Å². The monoisotopic (exact) mass is 344 g/mol. The van der Waals surface area contributed by atoms with E-state index in [9.17, 15) is 0 Å². The summed E-state index contributed by atoms with van der Waals surface area (Å²) in [5.41, 5.74) is 5.68. The van der Waals surface area contributed by atoms with Gasteiger partial charge in [-0.2, -0.15) is 0 Å². The van der Waals surface area contributed by atoms with Gasteiger partial charge < -0.3 is 0 Å². The first-order valence-electron chi connectivity index (χ1n) is 7.75. The zero-order valence-electron chi connectivity index (χ0n) is 13.5. The molecule has 0 fully saturated rings. The van der Waals surface area contributed by atoms with Crippen LogP contribution in [-0.4, -0.2) is 0 Å². The minimum absolute atomic E-state index is 0.158. The summed E-state index contributed by atoms with van der Waals surface area (Å²) in [6.07, 6.45) is 2.36. The van der Waals surface area contributed by atoms with Crippen molar-refractivity contribution in [3.05, 3.63) is 70.8 Å². The lowest BCUT2D eigenvalue weighted by Crippen LogP contribution is -2.15. The van der Waals surface area contributed by atoms with Gasteiger partial charge in [-0.1, -0.05) is 98.6 Å². The van der Waals surface area contributed by atoms with Crippen LogP contribution in [0.1, 0.15) is 61.2 Å². The number of halogens is 1. The second kappa shape index (κ2) is 6.79. The first-order chi connectivity index (χ1) is 9.93. The molecule has 0 saturated heterocycles. The van der Waals surface area contributed by atoms with Crippen LogP contribution in [0.15, 0.2) is 48.5 Å². The maximum atomic E-state index is 3.90. The molecule has 2 aromatic carbocycles. The summed E-state index contributed by atoms with van der Waals surface area (Å²) >= 11 is 3.90. The van der Waals surface area contributed by atoms with Crippen molar-refractivity contribution < 1.29 is 0 Å². The van der Waals surface area contributed by atoms with E-state index in [0.717, 1.165) is 6.42 Å². The molecule has 0 spiro atoms. The molecule has 0 aromatic heterocycles. The molecule has 2 rings (SSSR count). The molecule has 112 valence electrons. The summed E-state index contributed by atoms with van der Waals surface area (Å²) in [6.45, 7) is 9.04. The molecular formula is C20H25Br. The molecule has 0 aliphatic heterocycles. The number of hydrogen-bond donors (Lipinski definition) is 0. The van der Waals surface area contributed by atoms with Crippen LogP contribution in [-0.2, 0) is 11.8 Å². The van der Waals surface area contributed by atoms with E-state index in [1.54, 1.807) is 0 Å². The zero-order valence-corrected chi connectivity index (χ0v) is 15.1. The maximum Gasteiger partial charge on any atom is 0.0647 e. The largest absolute Gasteiger partial charge is 0.0786 e. The van der Waals surface area contributed by atoms with Gasteiger partial charge in [0.05, 0.1) is 4.83 Å². The normalized spacial score (nSPS) is 13.2. The summed E-state index contributed by atoms with van der Waals surface area (Å²) in [7, 11) is 0. The van der Waals surface area contributed by atoms with E-state index >= 15 is 0 Å². The van der Waals surface area contributed by atoms with Crippen LogP contribution in [0.2, 0.25) is 0 Å². The van der Waals surface area contributed by atoms with Crippen LogP contribution < -0.4 is 0 Å². The van der Waals surface area contributed by atoms with Crippen molar-refractivity contribution in [3.8, 4) is 0 Å². The number of aryl methyl sites for hydroxylation is 1. The quantitative estimate of drug-likeness (QED) is 0.561. The molecular weight excluding hydrogens is 320 g/mol. The minimum atomic E-state index is 0.158. The molecule has 0 heterocycles. The fourth-order valence-corrected chi connectivity index (χ4v) is 3.43. The van der Waals surface area contributed by atoms with Crippen molar-refractivity contribution in [3.63, 3.8) is 0 Å². The topological polar surface area (TPSA) is 0 Å². The smallest absolute Gasteiger partial charge is 0.0647 e. The molecule has 0 amide bonds. The Morgan fingerprint density at radius 1 is 0.952 bits per heavy atom. The van der Waals surface area contributed by atoms with Gasteiger partial charge in [-0.05, 0) is 34.1 Å². The first-order valence-corrected chi connectivity index (χ1v) is 8.67. The second-order valence-electron chi connectivity index (χ2n) is 6.69. The SMILES string of the molecule is CCCc1ccc(C(Br)c2ccccc2C(C)(C)C)cc1. The van der Waals surface area contributed by atoms with Crippen molar-refractivity contribution in [2.45, 2.75) is 50.8 Å². The van der Waals surface area contributed by atoms with Crippen molar-refractivity contribution in [1.82, 2.24) is 0 Å². The maximum absolute atomic E-state index is 3.90. The summed E-state index contributed by atoms with van der Waals surface area (Å²) < 4.78 is 0. The van der Waals surface area contributed by atoms with Gasteiger partial charge in [-0.15, -0.1) is 0 Å². The van der Waals surface area contributed by atoms with E-state index in [-0.39, 0.29) is 10.2 Å². The summed E-state index contributed by atoms with van der Waals surface area (Å²) in [4.78, 5) is 0.253. The molecule has 0 N–H and O–H groups in total. The van der Waals surface area contributed by atoms with E-state index in [1.807, 2.05) is 0 Å². The van der Waals surface area contributed by atoms with Crippen LogP contribution in [0.5, 0.6) is 0 Å². The van der Waals surface area contributed by atoms with E-state index in [2.05, 4.69) is 92.2 Å². The molecule has 0 saturated carbocycles. The van der Waals surface area contributed by atoms with Gasteiger partial charge in [0.1, 0.15) is 0 Å². The second-order valence-corrected chi connectivity index (χ2v) is 7.61. The van der Waals surface area contributed by atoms with Crippen LogP contribution in [0.25, 0.3) is 0 Å². The lowest BCUT2D eigenvalue weighted by molar-refractivity contribution is 0.584. The zero-order chi connectivity index (χ0) is 15.5. The Kier molecular flexibility index (Phi) is 5.27. The van der Waals surface area contributed by atoms with Crippen LogP contribution in [0.4, 0.5) is 0 Å². The molecule has 1 heteroatoms. The van der Waals surface area contributed by atoms with Gasteiger partial charge in [-0.25, -0.2) is 0 Å². The van der Waals surface area contributed by atoms with Gasteiger partial charge >= 0.3 is 0 Å². The van der Waals surface area contributed by atoms with Crippen LogP contribution in [0.3, 0.4) is 0 Å². The molecule has 0 aliphatic carbocycles. The fourth-order valence-electron chi connectivity index (χ4n) is 2.72. The molecule has 0 aliphatic rings. The first kappa shape index (κ1) is 16.3.